The number of amides is 1. The van der Waals surface area contributed by atoms with Crippen molar-refractivity contribution in [3.05, 3.63) is 22.6 Å². The van der Waals surface area contributed by atoms with Gasteiger partial charge in [0, 0.05) is 44.0 Å². The summed E-state index contributed by atoms with van der Waals surface area (Å²) in [6.45, 7) is 0.821. The Bertz CT molecular complexity index is 736. The van der Waals surface area contributed by atoms with E-state index in [9.17, 15) is 9.18 Å². The summed E-state index contributed by atoms with van der Waals surface area (Å²) in [6.07, 6.45) is 5.78. The Morgan fingerprint density at radius 1 is 1.40 bits per heavy atom. The van der Waals surface area contributed by atoms with Gasteiger partial charge in [-0.05, 0) is 12.8 Å². The number of hydrazone groups is 1. The molecule has 8 heteroatoms. The van der Waals surface area contributed by atoms with E-state index in [0.717, 1.165) is 25.7 Å². The number of fused-ring (bicyclic) bond motifs is 1. The first-order valence-electron chi connectivity index (χ1n) is 8.82. The van der Waals surface area contributed by atoms with Crippen molar-refractivity contribution in [2.24, 2.45) is 10.8 Å². The van der Waals surface area contributed by atoms with Crippen LogP contribution < -0.4 is 16.4 Å². The molecule has 0 saturated heterocycles. The van der Waals surface area contributed by atoms with E-state index < -0.39 is 5.82 Å². The highest BCUT2D eigenvalue weighted by molar-refractivity contribution is 6.00. The maximum absolute atomic E-state index is 15.0. The van der Waals surface area contributed by atoms with E-state index in [1.807, 2.05) is 7.05 Å². The van der Waals surface area contributed by atoms with Gasteiger partial charge in [-0.2, -0.15) is 5.10 Å². The van der Waals surface area contributed by atoms with Crippen molar-refractivity contribution in [1.29, 1.82) is 0 Å². The molecule has 1 fully saturated rings. The zero-order chi connectivity index (χ0) is 17.6. The second kappa shape index (κ2) is 6.25. The molecule has 2 aliphatic heterocycles. The van der Waals surface area contributed by atoms with Gasteiger partial charge >= 0.3 is 0 Å². The fourth-order valence-electron chi connectivity index (χ4n) is 3.92. The fourth-order valence-corrected chi connectivity index (χ4v) is 3.92. The molecular formula is C17H23FN6O. The Hall–Kier alpha value is -2.22. The van der Waals surface area contributed by atoms with Crippen LogP contribution in [0.15, 0.2) is 5.10 Å². The maximum Gasteiger partial charge on any atom is 0.253 e. The highest BCUT2D eigenvalue weighted by Gasteiger charge is 2.34. The second-order valence-electron chi connectivity index (χ2n) is 7.11. The van der Waals surface area contributed by atoms with Gasteiger partial charge in [-0.25, -0.2) is 9.37 Å². The van der Waals surface area contributed by atoms with Crippen LogP contribution in [0.25, 0.3) is 0 Å². The Labute approximate surface area is 145 Å². The van der Waals surface area contributed by atoms with Crippen LogP contribution in [0.5, 0.6) is 0 Å². The summed E-state index contributed by atoms with van der Waals surface area (Å²) in [5.74, 6) is -0.627. The fraction of sp³-hybridized carbons (Fsp3) is 0.588. The van der Waals surface area contributed by atoms with Crippen molar-refractivity contribution in [3.63, 3.8) is 0 Å². The van der Waals surface area contributed by atoms with Crippen molar-refractivity contribution >= 4 is 17.9 Å². The number of pyridine rings is 1. The zero-order valence-corrected chi connectivity index (χ0v) is 14.3. The molecule has 134 valence electrons. The number of rotatable bonds is 3. The molecule has 3 aliphatic rings. The van der Waals surface area contributed by atoms with Gasteiger partial charge in [0.1, 0.15) is 0 Å². The maximum atomic E-state index is 15.0. The number of nitrogens with one attached hydrogen (secondary N) is 2. The van der Waals surface area contributed by atoms with Crippen LogP contribution in [0.4, 0.5) is 10.2 Å². The van der Waals surface area contributed by atoms with Gasteiger partial charge in [-0.3, -0.25) is 9.80 Å². The summed E-state index contributed by atoms with van der Waals surface area (Å²) in [6, 6.07) is -0.00257. The number of likely N-dealkylation sites (N-methyl/N-ethyl adjacent to an activating group) is 1. The monoisotopic (exact) mass is 346 g/mol. The summed E-state index contributed by atoms with van der Waals surface area (Å²) in [5, 5.41) is 11.9. The molecule has 1 saturated carbocycles. The standard InChI is InChI=1S/C17H23FN6O/c1-24-8-9(6-21-24)15-13-10(7-20-17(13)25)14(18)16(23-15)22-12-5-3-2-4-11(12)19/h6,9,11-12H,2-5,7-8,19H2,1H3,(H,20,25)(H,22,23)/t9?,11-,12+/m1/s1. The molecule has 1 aromatic rings. The smallest absolute Gasteiger partial charge is 0.253 e. The van der Waals surface area contributed by atoms with Crippen LogP contribution in [0.1, 0.15) is 53.2 Å². The minimum atomic E-state index is -0.446. The minimum absolute atomic E-state index is 0.00614. The van der Waals surface area contributed by atoms with E-state index >= 15 is 0 Å². The van der Waals surface area contributed by atoms with Gasteiger partial charge in [-0.15, -0.1) is 0 Å². The molecule has 25 heavy (non-hydrogen) atoms. The van der Waals surface area contributed by atoms with E-state index in [4.69, 9.17) is 5.73 Å². The van der Waals surface area contributed by atoms with Crippen LogP contribution in [-0.2, 0) is 6.54 Å². The first-order valence-corrected chi connectivity index (χ1v) is 8.82. The van der Waals surface area contributed by atoms with Crippen molar-refractivity contribution in [1.82, 2.24) is 15.3 Å². The molecule has 1 amide bonds. The third-order valence-corrected chi connectivity index (χ3v) is 5.31. The number of carbonyl (C=O) groups is 1. The SMILES string of the molecule is CN1CC(c2nc(N[C@H]3CCCC[C@H]3N)c(F)c3c2C(=O)NC3)C=N1. The molecule has 4 N–H and O–H groups in total. The van der Waals surface area contributed by atoms with Crippen LogP contribution >= 0.6 is 0 Å². The zero-order valence-electron chi connectivity index (χ0n) is 14.3. The summed E-state index contributed by atoms with van der Waals surface area (Å²) in [7, 11) is 1.86. The van der Waals surface area contributed by atoms with Gasteiger partial charge < -0.3 is 16.4 Å². The van der Waals surface area contributed by atoms with Crippen LogP contribution in [0.3, 0.4) is 0 Å². The van der Waals surface area contributed by atoms with Crippen LogP contribution in [-0.4, -0.2) is 47.8 Å². The van der Waals surface area contributed by atoms with E-state index in [1.165, 1.54) is 0 Å². The summed E-state index contributed by atoms with van der Waals surface area (Å²) in [5.41, 5.74) is 7.53. The lowest BCUT2D eigenvalue weighted by Crippen LogP contribution is -2.43. The summed E-state index contributed by atoms with van der Waals surface area (Å²) in [4.78, 5) is 16.7. The highest BCUT2D eigenvalue weighted by Crippen LogP contribution is 2.32. The van der Waals surface area contributed by atoms with Gasteiger partial charge in [-0.1, -0.05) is 12.8 Å². The molecule has 0 spiro atoms. The highest BCUT2D eigenvalue weighted by atomic mass is 19.1. The summed E-state index contributed by atoms with van der Waals surface area (Å²) >= 11 is 0. The van der Waals surface area contributed by atoms with Crippen molar-refractivity contribution in [3.8, 4) is 0 Å². The molecule has 1 aliphatic carbocycles. The molecule has 3 atom stereocenters. The molecule has 0 radical (unpaired) electrons. The van der Waals surface area contributed by atoms with E-state index in [-0.39, 0.29) is 36.3 Å². The number of halogens is 1. The van der Waals surface area contributed by atoms with Gasteiger partial charge in [0.15, 0.2) is 11.6 Å². The molecular weight excluding hydrogens is 323 g/mol. The predicted molar refractivity (Wildman–Crippen MR) is 93.1 cm³/mol. The Kier molecular flexibility index (Phi) is 4.07. The van der Waals surface area contributed by atoms with Crippen LogP contribution in [0, 0.1) is 5.82 Å². The van der Waals surface area contributed by atoms with Crippen molar-refractivity contribution < 1.29 is 9.18 Å². The minimum Gasteiger partial charge on any atom is -0.363 e. The van der Waals surface area contributed by atoms with Crippen molar-refractivity contribution in [2.75, 3.05) is 18.9 Å². The van der Waals surface area contributed by atoms with E-state index in [2.05, 4.69) is 20.7 Å². The van der Waals surface area contributed by atoms with Gasteiger partial charge in [0.2, 0.25) is 0 Å². The van der Waals surface area contributed by atoms with Gasteiger partial charge in [0.25, 0.3) is 5.91 Å². The molecule has 1 aromatic heterocycles. The Morgan fingerprint density at radius 3 is 2.92 bits per heavy atom. The normalized spacial score (nSPS) is 28.2. The van der Waals surface area contributed by atoms with Crippen molar-refractivity contribution in [2.45, 2.75) is 50.2 Å². The third-order valence-electron chi connectivity index (χ3n) is 5.31. The largest absolute Gasteiger partial charge is 0.363 e. The third kappa shape index (κ3) is 2.84. The number of anilines is 1. The van der Waals surface area contributed by atoms with Crippen LogP contribution in [0.2, 0.25) is 0 Å². The number of hydrogen-bond donors (Lipinski definition) is 3. The lowest BCUT2D eigenvalue weighted by molar-refractivity contribution is 0.0964. The molecule has 1 unspecified atom stereocenters. The average Bonchev–Trinajstić information content (AvgIpc) is 3.19. The van der Waals surface area contributed by atoms with E-state index in [1.54, 1.807) is 11.2 Å². The molecule has 0 bridgehead atoms. The first-order chi connectivity index (χ1) is 12.0. The second-order valence-corrected chi connectivity index (χ2v) is 7.11. The summed E-state index contributed by atoms with van der Waals surface area (Å²) < 4.78 is 15.0. The quantitative estimate of drug-likeness (QED) is 0.763. The number of hydrogen-bond acceptors (Lipinski definition) is 6. The average molecular weight is 346 g/mol. The topological polar surface area (TPSA) is 95.6 Å². The van der Waals surface area contributed by atoms with E-state index in [0.29, 0.717) is 23.4 Å². The number of nitrogens with zero attached hydrogens (tertiary/aromatic N) is 3. The predicted octanol–water partition coefficient (Wildman–Crippen LogP) is 1.16. The lowest BCUT2D eigenvalue weighted by atomic mass is 9.91. The molecule has 7 nitrogen and oxygen atoms in total. The molecule has 4 rings (SSSR count). The number of aromatic nitrogens is 1. The lowest BCUT2D eigenvalue weighted by Gasteiger charge is -2.30. The number of nitrogens with two attached hydrogens (primary N) is 1. The molecule has 3 heterocycles. The Morgan fingerprint density at radius 2 is 2.20 bits per heavy atom. The Balaban J connectivity index is 1.72. The van der Waals surface area contributed by atoms with Gasteiger partial charge in [0.05, 0.1) is 17.2 Å². The first kappa shape index (κ1) is 16.3. The molecule has 0 aromatic carbocycles. The number of carbonyl (C=O) groups excluding carboxylic acids is 1.